The van der Waals surface area contributed by atoms with Crippen LogP contribution >= 0.6 is 0 Å². The number of hydrogen-bond acceptors (Lipinski definition) is 4. The van der Waals surface area contributed by atoms with E-state index >= 15 is 0 Å². The van der Waals surface area contributed by atoms with E-state index in [2.05, 4.69) is 23.1 Å². The largest absolute Gasteiger partial charge is 0.494 e. The molecule has 0 aromatic heterocycles. The number of hydrogen-bond donors (Lipinski definition) is 1. The third-order valence-corrected chi connectivity index (χ3v) is 5.74. The molecule has 26 heavy (non-hydrogen) atoms. The minimum absolute atomic E-state index is 0.150. The summed E-state index contributed by atoms with van der Waals surface area (Å²) in [6.07, 6.45) is 4.69. The SMILES string of the molecule is CCOc1ccccc1CN1CCCC2(CCC(=O)N(CCCO)C2)C1. The number of carbonyl (C=O) groups is 1. The maximum Gasteiger partial charge on any atom is 0.222 e. The molecule has 2 aliphatic rings. The summed E-state index contributed by atoms with van der Waals surface area (Å²) >= 11 is 0. The summed E-state index contributed by atoms with van der Waals surface area (Å²) in [5.74, 6) is 1.24. The van der Waals surface area contributed by atoms with Gasteiger partial charge in [0.25, 0.3) is 0 Å². The van der Waals surface area contributed by atoms with Gasteiger partial charge in [-0.2, -0.15) is 0 Å². The summed E-state index contributed by atoms with van der Waals surface area (Å²) in [6, 6.07) is 8.31. The Morgan fingerprint density at radius 2 is 2.08 bits per heavy atom. The third kappa shape index (κ3) is 4.57. The standard InChI is InChI=1S/C21H32N2O3/c1-2-26-19-8-4-3-7-18(19)15-22-12-5-10-21(16-22)11-9-20(25)23(17-21)13-6-14-24/h3-4,7-8,24H,2,5-6,9-17H2,1H3. The quantitative estimate of drug-likeness (QED) is 0.812. The van der Waals surface area contributed by atoms with E-state index in [1.165, 1.54) is 18.4 Å². The highest BCUT2D eigenvalue weighted by Gasteiger charge is 2.41. The number of piperidine rings is 2. The van der Waals surface area contributed by atoms with Gasteiger partial charge in [-0.1, -0.05) is 18.2 Å². The van der Waals surface area contributed by atoms with Gasteiger partial charge in [0, 0.05) is 50.2 Å². The lowest BCUT2D eigenvalue weighted by Gasteiger charge is -2.48. The van der Waals surface area contributed by atoms with Crippen molar-refractivity contribution in [2.45, 2.75) is 45.6 Å². The summed E-state index contributed by atoms with van der Waals surface area (Å²) < 4.78 is 5.79. The lowest BCUT2D eigenvalue weighted by Crippen LogP contribution is -2.54. The van der Waals surface area contributed by atoms with Gasteiger partial charge in [0.05, 0.1) is 6.61 Å². The molecule has 144 valence electrons. The predicted octanol–water partition coefficient (Wildman–Crippen LogP) is 2.67. The van der Waals surface area contributed by atoms with Crippen LogP contribution in [0.15, 0.2) is 24.3 Å². The fourth-order valence-electron chi connectivity index (χ4n) is 4.52. The van der Waals surface area contributed by atoms with Crippen LogP contribution in [0.3, 0.4) is 0 Å². The van der Waals surface area contributed by atoms with Crippen molar-refractivity contribution in [3.63, 3.8) is 0 Å². The molecule has 5 nitrogen and oxygen atoms in total. The fourth-order valence-corrected chi connectivity index (χ4v) is 4.52. The molecule has 2 saturated heterocycles. The first-order valence-electron chi connectivity index (χ1n) is 9.97. The number of amides is 1. The Kier molecular flexibility index (Phi) is 6.54. The fraction of sp³-hybridized carbons (Fsp3) is 0.667. The molecule has 1 N–H and O–H groups in total. The van der Waals surface area contributed by atoms with E-state index in [4.69, 9.17) is 9.84 Å². The first-order valence-corrected chi connectivity index (χ1v) is 9.97. The lowest BCUT2D eigenvalue weighted by atomic mass is 9.73. The zero-order chi connectivity index (χ0) is 18.4. The van der Waals surface area contributed by atoms with Crippen molar-refractivity contribution in [2.75, 3.05) is 39.4 Å². The zero-order valence-electron chi connectivity index (χ0n) is 16.0. The summed E-state index contributed by atoms with van der Waals surface area (Å²) in [6.45, 7) is 7.43. The van der Waals surface area contributed by atoms with Crippen LogP contribution in [0, 0.1) is 5.41 Å². The van der Waals surface area contributed by atoms with E-state index in [-0.39, 0.29) is 17.9 Å². The molecular formula is C21H32N2O3. The van der Waals surface area contributed by atoms with Crippen molar-refractivity contribution >= 4 is 5.91 Å². The van der Waals surface area contributed by atoms with Crippen LogP contribution in [0.2, 0.25) is 0 Å². The summed E-state index contributed by atoms with van der Waals surface area (Å²) in [4.78, 5) is 16.7. The summed E-state index contributed by atoms with van der Waals surface area (Å²) in [7, 11) is 0. The first-order chi connectivity index (χ1) is 12.7. The van der Waals surface area contributed by atoms with Gasteiger partial charge < -0.3 is 14.7 Å². The highest BCUT2D eigenvalue weighted by atomic mass is 16.5. The van der Waals surface area contributed by atoms with Gasteiger partial charge in [0.2, 0.25) is 5.91 Å². The van der Waals surface area contributed by atoms with Crippen molar-refractivity contribution in [1.82, 2.24) is 9.80 Å². The van der Waals surface area contributed by atoms with Crippen LogP contribution in [-0.2, 0) is 11.3 Å². The zero-order valence-corrected chi connectivity index (χ0v) is 16.0. The molecule has 0 aliphatic carbocycles. The Morgan fingerprint density at radius 3 is 2.88 bits per heavy atom. The number of nitrogens with zero attached hydrogens (tertiary/aromatic N) is 2. The van der Waals surface area contributed by atoms with Crippen LogP contribution in [0.25, 0.3) is 0 Å². The molecule has 1 aromatic carbocycles. The smallest absolute Gasteiger partial charge is 0.222 e. The second kappa shape index (κ2) is 8.87. The Bertz CT molecular complexity index is 607. The van der Waals surface area contributed by atoms with Crippen molar-refractivity contribution in [3.05, 3.63) is 29.8 Å². The van der Waals surface area contributed by atoms with Gasteiger partial charge in [-0.25, -0.2) is 0 Å². The Balaban J connectivity index is 1.66. The average molecular weight is 360 g/mol. The highest BCUT2D eigenvalue weighted by molar-refractivity contribution is 5.77. The average Bonchev–Trinajstić information content (AvgIpc) is 2.65. The number of aliphatic hydroxyl groups is 1. The van der Waals surface area contributed by atoms with E-state index in [1.807, 2.05) is 17.9 Å². The third-order valence-electron chi connectivity index (χ3n) is 5.74. The summed E-state index contributed by atoms with van der Waals surface area (Å²) in [5, 5.41) is 9.10. The van der Waals surface area contributed by atoms with E-state index in [9.17, 15) is 4.79 Å². The molecule has 1 aromatic rings. The molecule has 2 aliphatic heterocycles. The van der Waals surface area contributed by atoms with E-state index < -0.39 is 0 Å². The van der Waals surface area contributed by atoms with Gasteiger partial charge in [-0.05, 0) is 45.2 Å². The molecule has 3 rings (SSSR count). The normalized spacial score (nSPS) is 24.2. The van der Waals surface area contributed by atoms with E-state index in [0.29, 0.717) is 26.0 Å². The van der Waals surface area contributed by atoms with Gasteiger partial charge in [-0.3, -0.25) is 9.69 Å². The lowest BCUT2D eigenvalue weighted by molar-refractivity contribution is -0.139. The Hall–Kier alpha value is -1.59. The summed E-state index contributed by atoms with van der Waals surface area (Å²) in [5.41, 5.74) is 1.46. The molecule has 2 heterocycles. The van der Waals surface area contributed by atoms with Gasteiger partial charge in [-0.15, -0.1) is 0 Å². The molecule has 1 atom stereocenters. The maximum absolute atomic E-state index is 12.2. The molecule has 2 fully saturated rings. The topological polar surface area (TPSA) is 53.0 Å². The Morgan fingerprint density at radius 1 is 1.23 bits per heavy atom. The molecule has 1 amide bonds. The molecule has 0 bridgehead atoms. The number of ether oxygens (including phenoxy) is 1. The molecule has 1 unspecified atom stereocenters. The second-order valence-electron chi connectivity index (χ2n) is 7.75. The van der Waals surface area contributed by atoms with Crippen molar-refractivity contribution in [1.29, 1.82) is 0 Å². The van der Waals surface area contributed by atoms with E-state index in [1.54, 1.807) is 0 Å². The maximum atomic E-state index is 12.2. The molecule has 0 radical (unpaired) electrons. The minimum atomic E-state index is 0.150. The van der Waals surface area contributed by atoms with Crippen LogP contribution in [-0.4, -0.2) is 60.2 Å². The van der Waals surface area contributed by atoms with Crippen molar-refractivity contribution in [3.8, 4) is 5.75 Å². The molecule has 5 heteroatoms. The molecule has 1 spiro atoms. The first kappa shape index (κ1) is 19.2. The highest BCUT2D eigenvalue weighted by Crippen LogP contribution is 2.39. The van der Waals surface area contributed by atoms with Gasteiger partial charge >= 0.3 is 0 Å². The number of rotatable bonds is 7. The van der Waals surface area contributed by atoms with Crippen LogP contribution in [0.5, 0.6) is 5.75 Å². The molecular weight excluding hydrogens is 328 g/mol. The predicted molar refractivity (Wildman–Crippen MR) is 102 cm³/mol. The molecule has 0 saturated carbocycles. The monoisotopic (exact) mass is 360 g/mol. The van der Waals surface area contributed by atoms with Crippen molar-refractivity contribution in [2.24, 2.45) is 5.41 Å². The van der Waals surface area contributed by atoms with E-state index in [0.717, 1.165) is 38.3 Å². The number of likely N-dealkylation sites (tertiary alicyclic amines) is 2. The van der Waals surface area contributed by atoms with Crippen LogP contribution in [0.1, 0.15) is 44.6 Å². The van der Waals surface area contributed by atoms with Gasteiger partial charge in [0.15, 0.2) is 0 Å². The Labute approximate surface area is 156 Å². The second-order valence-corrected chi connectivity index (χ2v) is 7.75. The number of carbonyl (C=O) groups excluding carboxylic acids is 1. The van der Waals surface area contributed by atoms with Crippen LogP contribution in [0.4, 0.5) is 0 Å². The van der Waals surface area contributed by atoms with Crippen molar-refractivity contribution < 1.29 is 14.6 Å². The number of benzene rings is 1. The van der Waals surface area contributed by atoms with Gasteiger partial charge in [0.1, 0.15) is 5.75 Å². The number of aliphatic hydroxyl groups excluding tert-OH is 1. The van der Waals surface area contributed by atoms with Crippen LogP contribution < -0.4 is 4.74 Å². The minimum Gasteiger partial charge on any atom is -0.494 e. The number of para-hydroxylation sites is 1.